The molecule has 0 unspecified atom stereocenters. The van der Waals surface area contributed by atoms with Gasteiger partial charge < -0.3 is 15.4 Å². The highest BCUT2D eigenvalue weighted by molar-refractivity contribution is 5.68. The Morgan fingerprint density at radius 3 is 2.58 bits per heavy atom. The maximum atomic E-state index is 11.7. The van der Waals surface area contributed by atoms with Crippen LogP contribution in [0.3, 0.4) is 0 Å². The lowest BCUT2D eigenvalue weighted by Crippen LogP contribution is -2.45. The van der Waals surface area contributed by atoms with Gasteiger partial charge in [0.15, 0.2) is 0 Å². The van der Waals surface area contributed by atoms with Crippen LogP contribution in [-0.4, -0.2) is 54.9 Å². The van der Waals surface area contributed by atoms with E-state index in [-0.39, 0.29) is 12.1 Å². The van der Waals surface area contributed by atoms with Gasteiger partial charge in [0, 0.05) is 25.2 Å². The smallest absolute Gasteiger partial charge is 0.407 e. The lowest BCUT2D eigenvalue weighted by molar-refractivity contribution is 0.0503. The van der Waals surface area contributed by atoms with E-state index in [1.165, 1.54) is 12.8 Å². The molecule has 2 heterocycles. The van der Waals surface area contributed by atoms with Gasteiger partial charge >= 0.3 is 6.09 Å². The summed E-state index contributed by atoms with van der Waals surface area (Å²) in [6, 6.07) is 0.927. The molecular formula is C14H27N3O2. The van der Waals surface area contributed by atoms with Crippen LogP contribution >= 0.6 is 0 Å². The van der Waals surface area contributed by atoms with Gasteiger partial charge in [-0.15, -0.1) is 0 Å². The molecule has 0 aliphatic carbocycles. The van der Waals surface area contributed by atoms with Crippen molar-refractivity contribution in [3.63, 3.8) is 0 Å². The zero-order valence-electron chi connectivity index (χ0n) is 12.4. The van der Waals surface area contributed by atoms with Crippen LogP contribution in [0.25, 0.3) is 0 Å². The van der Waals surface area contributed by atoms with Gasteiger partial charge in [-0.05, 0) is 53.1 Å². The largest absolute Gasteiger partial charge is 0.444 e. The minimum atomic E-state index is -0.419. The second-order valence-corrected chi connectivity index (χ2v) is 6.61. The average Bonchev–Trinajstić information content (AvgIpc) is 2.76. The van der Waals surface area contributed by atoms with E-state index >= 15 is 0 Å². The lowest BCUT2D eigenvalue weighted by Gasteiger charge is -2.31. The number of ether oxygens (including phenoxy) is 1. The number of carbonyl (C=O) groups is 1. The predicted molar refractivity (Wildman–Crippen MR) is 75.2 cm³/mol. The first-order chi connectivity index (χ1) is 8.94. The molecule has 2 aliphatic heterocycles. The number of likely N-dealkylation sites (tertiary alicyclic amines) is 1. The molecule has 1 amide bonds. The Kier molecular flexibility index (Phi) is 4.68. The Balaban J connectivity index is 1.74. The molecule has 0 aromatic rings. The van der Waals surface area contributed by atoms with E-state index in [9.17, 15) is 4.79 Å². The summed E-state index contributed by atoms with van der Waals surface area (Å²) in [6.07, 6.45) is 3.19. The molecule has 0 spiro atoms. The monoisotopic (exact) mass is 269 g/mol. The zero-order chi connectivity index (χ0) is 13.9. The van der Waals surface area contributed by atoms with Gasteiger partial charge in [0.1, 0.15) is 5.60 Å². The number of amides is 1. The van der Waals surface area contributed by atoms with Crippen LogP contribution < -0.4 is 10.6 Å². The first kappa shape index (κ1) is 14.6. The van der Waals surface area contributed by atoms with E-state index in [0.717, 1.165) is 32.6 Å². The van der Waals surface area contributed by atoms with Crippen molar-refractivity contribution >= 4 is 6.09 Å². The van der Waals surface area contributed by atoms with Crippen molar-refractivity contribution in [2.45, 2.75) is 57.7 Å². The molecule has 0 aromatic carbocycles. The summed E-state index contributed by atoms with van der Waals surface area (Å²) in [5.41, 5.74) is -0.419. The van der Waals surface area contributed by atoms with Crippen molar-refractivity contribution in [1.29, 1.82) is 0 Å². The van der Waals surface area contributed by atoms with Gasteiger partial charge in [0.2, 0.25) is 0 Å². The predicted octanol–water partition coefficient (Wildman–Crippen LogP) is 1.34. The highest BCUT2D eigenvalue weighted by atomic mass is 16.6. The molecule has 2 rings (SSSR count). The fourth-order valence-corrected chi connectivity index (χ4v) is 2.88. The van der Waals surface area contributed by atoms with E-state index in [1.807, 2.05) is 20.8 Å². The van der Waals surface area contributed by atoms with Gasteiger partial charge in [-0.2, -0.15) is 0 Å². The summed E-state index contributed by atoms with van der Waals surface area (Å²) in [6.45, 7) is 9.96. The summed E-state index contributed by atoms with van der Waals surface area (Å²) >= 11 is 0. The SMILES string of the molecule is CC(C)(C)OC(=O)N[C@H]1CCN(C2CCNCC2)C1. The van der Waals surface area contributed by atoms with Gasteiger partial charge in [-0.25, -0.2) is 4.79 Å². The normalized spacial score (nSPS) is 26.4. The third-order valence-electron chi connectivity index (χ3n) is 3.77. The molecular weight excluding hydrogens is 242 g/mol. The van der Waals surface area contributed by atoms with Crippen LogP contribution in [0.15, 0.2) is 0 Å². The number of alkyl carbamates (subject to hydrolysis) is 1. The van der Waals surface area contributed by atoms with Gasteiger partial charge in [-0.3, -0.25) is 4.90 Å². The topological polar surface area (TPSA) is 53.6 Å². The van der Waals surface area contributed by atoms with Gasteiger partial charge in [-0.1, -0.05) is 0 Å². The van der Waals surface area contributed by atoms with E-state index in [4.69, 9.17) is 4.74 Å². The Bertz CT molecular complexity index is 308. The quantitative estimate of drug-likeness (QED) is 0.794. The molecule has 0 aromatic heterocycles. The molecule has 0 bridgehead atoms. The lowest BCUT2D eigenvalue weighted by atomic mass is 10.1. The number of piperidine rings is 1. The number of rotatable bonds is 2. The number of carbonyl (C=O) groups excluding carboxylic acids is 1. The minimum Gasteiger partial charge on any atom is -0.444 e. The summed E-state index contributed by atoms with van der Waals surface area (Å²) in [7, 11) is 0. The zero-order valence-corrected chi connectivity index (χ0v) is 12.4. The Morgan fingerprint density at radius 2 is 1.95 bits per heavy atom. The molecule has 2 N–H and O–H groups in total. The first-order valence-corrected chi connectivity index (χ1v) is 7.38. The van der Waals surface area contributed by atoms with Crippen molar-refractivity contribution in [3.8, 4) is 0 Å². The highest BCUT2D eigenvalue weighted by Crippen LogP contribution is 2.19. The van der Waals surface area contributed by atoms with Crippen molar-refractivity contribution in [2.75, 3.05) is 26.2 Å². The second-order valence-electron chi connectivity index (χ2n) is 6.61. The first-order valence-electron chi connectivity index (χ1n) is 7.38. The molecule has 0 radical (unpaired) electrons. The number of hydrogen-bond acceptors (Lipinski definition) is 4. The second kappa shape index (κ2) is 6.09. The molecule has 2 aliphatic rings. The highest BCUT2D eigenvalue weighted by Gasteiger charge is 2.30. The summed E-state index contributed by atoms with van der Waals surface area (Å²) in [5.74, 6) is 0. The van der Waals surface area contributed by atoms with Crippen LogP contribution in [0, 0.1) is 0 Å². The molecule has 19 heavy (non-hydrogen) atoms. The van der Waals surface area contributed by atoms with Crippen LogP contribution in [0.4, 0.5) is 4.79 Å². The van der Waals surface area contributed by atoms with Crippen molar-refractivity contribution < 1.29 is 9.53 Å². The fourth-order valence-electron chi connectivity index (χ4n) is 2.88. The molecule has 5 nitrogen and oxygen atoms in total. The van der Waals surface area contributed by atoms with Gasteiger partial charge in [0.25, 0.3) is 0 Å². The molecule has 0 saturated carbocycles. The average molecular weight is 269 g/mol. The maximum Gasteiger partial charge on any atom is 0.407 e. The van der Waals surface area contributed by atoms with Crippen LogP contribution in [0.1, 0.15) is 40.0 Å². The molecule has 2 fully saturated rings. The maximum absolute atomic E-state index is 11.7. The van der Waals surface area contributed by atoms with Crippen molar-refractivity contribution in [1.82, 2.24) is 15.5 Å². The minimum absolute atomic E-state index is 0.240. The third-order valence-corrected chi connectivity index (χ3v) is 3.77. The Morgan fingerprint density at radius 1 is 1.26 bits per heavy atom. The molecule has 2 saturated heterocycles. The number of nitrogens with zero attached hydrogens (tertiary/aromatic N) is 1. The number of nitrogens with one attached hydrogen (secondary N) is 2. The van der Waals surface area contributed by atoms with Crippen molar-refractivity contribution in [3.05, 3.63) is 0 Å². The summed E-state index contributed by atoms with van der Waals surface area (Å²) in [5, 5.41) is 6.38. The molecule has 110 valence electrons. The van der Waals surface area contributed by atoms with Crippen molar-refractivity contribution in [2.24, 2.45) is 0 Å². The van der Waals surface area contributed by atoms with Crippen LogP contribution in [0.2, 0.25) is 0 Å². The molecule has 1 atom stereocenters. The number of hydrogen-bond donors (Lipinski definition) is 2. The standard InChI is InChI=1S/C14H27N3O2/c1-14(2,3)19-13(18)16-11-6-9-17(10-11)12-4-7-15-8-5-12/h11-12,15H,4-10H2,1-3H3,(H,16,18)/t11-/m0/s1. The summed E-state index contributed by atoms with van der Waals surface area (Å²) < 4.78 is 5.30. The van der Waals surface area contributed by atoms with Gasteiger partial charge in [0.05, 0.1) is 0 Å². The Labute approximate surface area is 116 Å². The van der Waals surface area contributed by atoms with E-state index in [0.29, 0.717) is 6.04 Å². The summed E-state index contributed by atoms with van der Waals surface area (Å²) in [4.78, 5) is 14.3. The third kappa shape index (κ3) is 4.66. The fraction of sp³-hybridized carbons (Fsp3) is 0.929. The van der Waals surface area contributed by atoms with Crippen LogP contribution in [-0.2, 0) is 4.74 Å². The Hall–Kier alpha value is -0.810. The van der Waals surface area contributed by atoms with Crippen LogP contribution in [0.5, 0.6) is 0 Å². The van der Waals surface area contributed by atoms with E-state index in [2.05, 4.69) is 15.5 Å². The molecule has 5 heteroatoms. The van der Waals surface area contributed by atoms with E-state index in [1.54, 1.807) is 0 Å². The van der Waals surface area contributed by atoms with E-state index < -0.39 is 5.60 Å².